The molecule has 0 saturated carbocycles. The average Bonchev–Trinajstić information content (AvgIpc) is 2.87. The van der Waals surface area contributed by atoms with Gasteiger partial charge in [0.15, 0.2) is 0 Å². The van der Waals surface area contributed by atoms with Crippen molar-refractivity contribution in [2.45, 2.75) is 25.7 Å². The van der Waals surface area contributed by atoms with Gasteiger partial charge in [-0.05, 0) is 12.8 Å². The zero-order valence-electron chi connectivity index (χ0n) is 10.7. The van der Waals surface area contributed by atoms with Gasteiger partial charge in [0.05, 0.1) is 0 Å². The molecule has 0 spiro atoms. The average molecular weight is 281 g/mol. The van der Waals surface area contributed by atoms with E-state index < -0.39 is 12.2 Å². The van der Waals surface area contributed by atoms with Crippen LogP contribution in [0.2, 0.25) is 0 Å². The van der Waals surface area contributed by atoms with Crippen LogP contribution in [0.3, 0.4) is 0 Å². The van der Waals surface area contributed by atoms with Gasteiger partial charge in [-0.2, -0.15) is 0 Å². The molecule has 19 heavy (non-hydrogen) atoms. The maximum absolute atomic E-state index is 10.6. The summed E-state index contributed by atoms with van der Waals surface area (Å²) in [6, 6.07) is 0. The minimum Gasteiger partial charge on any atom is -0.465 e. The van der Waals surface area contributed by atoms with Gasteiger partial charge < -0.3 is 10.2 Å². The molecule has 8 nitrogen and oxygen atoms in total. The molecule has 2 aliphatic heterocycles. The largest absolute Gasteiger partial charge is 0.465 e. The third-order valence-corrected chi connectivity index (χ3v) is 2.61. The minimum atomic E-state index is -1.13. The zero-order valence-corrected chi connectivity index (χ0v) is 12.7. The molecule has 4 amide bonds. The summed E-state index contributed by atoms with van der Waals surface area (Å²) in [4.78, 5) is 43.1. The quantitative estimate of drug-likeness (QED) is 0.612. The van der Waals surface area contributed by atoms with Crippen LogP contribution in [0.1, 0.15) is 25.7 Å². The summed E-state index contributed by atoms with van der Waals surface area (Å²) in [7, 11) is 0. The van der Waals surface area contributed by atoms with Crippen LogP contribution in [0.4, 0.5) is 9.59 Å². The van der Waals surface area contributed by atoms with Crippen LogP contribution >= 0.6 is 0 Å². The number of carbonyl (C=O) groups is 4. The van der Waals surface area contributed by atoms with Gasteiger partial charge in [-0.3, -0.25) is 9.59 Å². The van der Waals surface area contributed by atoms with Crippen molar-refractivity contribution in [1.29, 1.82) is 0 Å². The van der Waals surface area contributed by atoms with Crippen LogP contribution in [0.5, 0.6) is 0 Å². The molecule has 9 heteroatoms. The topological polar surface area (TPSA) is 115 Å². The Morgan fingerprint density at radius 1 is 0.842 bits per heavy atom. The third-order valence-electron chi connectivity index (χ3n) is 2.61. The fourth-order valence-electron chi connectivity index (χ4n) is 1.70. The Morgan fingerprint density at radius 3 is 1.26 bits per heavy atom. The molecule has 2 fully saturated rings. The number of rotatable bonds is 0. The number of likely N-dealkylation sites (tertiary alicyclic amines) is 2. The van der Waals surface area contributed by atoms with Crippen molar-refractivity contribution in [2.24, 2.45) is 0 Å². The number of carbonyl (C=O) groups excluding carboxylic acids is 2. The van der Waals surface area contributed by atoms with Crippen molar-refractivity contribution in [2.75, 3.05) is 13.1 Å². The second-order valence-corrected chi connectivity index (χ2v) is 3.86. The Kier molecular flexibility index (Phi) is 7.65. The molecule has 2 heterocycles. The monoisotopic (exact) mass is 281 g/mol. The van der Waals surface area contributed by atoms with E-state index in [1.54, 1.807) is 0 Å². The van der Waals surface area contributed by atoms with Crippen LogP contribution < -0.4 is 0 Å². The molecule has 0 bridgehead atoms. The van der Waals surface area contributed by atoms with E-state index in [0.717, 1.165) is 9.80 Å². The van der Waals surface area contributed by atoms with Crippen LogP contribution in [0.25, 0.3) is 0 Å². The number of nitrogens with zero attached hydrogens (tertiary/aromatic N) is 2. The standard InChI is InChI=1S/2C5H7NO3.Na/c2*7-4-2-1-3-6(4)5(8)9;/h2*1-3H2,(H,8,9);. The molecule has 1 radical (unpaired) electrons. The molecule has 0 atom stereocenters. The summed E-state index contributed by atoms with van der Waals surface area (Å²) in [5, 5.41) is 16.6. The molecular formula is C10H14N2NaO6. The van der Waals surface area contributed by atoms with Crippen molar-refractivity contribution in [3.63, 3.8) is 0 Å². The van der Waals surface area contributed by atoms with E-state index in [1.807, 2.05) is 0 Å². The maximum atomic E-state index is 10.6. The van der Waals surface area contributed by atoms with E-state index in [-0.39, 0.29) is 41.4 Å². The number of imide groups is 2. The predicted molar refractivity (Wildman–Crippen MR) is 63.7 cm³/mol. The Morgan fingerprint density at radius 2 is 1.16 bits per heavy atom. The van der Waals surface area contributed by atoms with Gasteiger partial charge in [-0.15, -0.1) is 0 Å². The number of amides is 4. The second-order valence-electron chi connectivity index (χ2n) is 3.86. The van der Waals surface area contributed by atoms with Crippen molar-refractivity contribution < 1.29 is 29.4 Å². The molecular weight excluding hydrogens is 267 g/mol. The van der Waals surface area contributed by atoms with Gasteiger partial charge in [-0.1, -0.05) is 0 Å². The van der Waals surface area contributed by atoms with E-state index in [2.05, 4.69) is 0 Å². The normalized spacial score (nSPS) is 17.7. The van der Waals surface area contributed by atoms with Crippen molar-refractivity contribution >= 4 is 53.6 Å². The Bertz CT molecular complexity index is 350. The Hall–Kier alpha value is -1.12. The van der Waals surface area contributed by atoms with Crippen LogP contribution in [0.15, 0.2) is 0 Å². The summed E-state index contributed by atoms with van der Waals surface area (Å²) in [6.07, 6.45) is -0.149. The van der Waals surface area contributed by atoms with E-state index in [9.17, 15) is 19.2 Å². The molecule has 2 aliphatic rings. The summed E-state index contributed by atoms with van der Waals surface area (Å²) >= 11 is 0. The summed E-state index contributed by atoms with van der Waals surface area (Å²) < 4.78 is 0. The number of carboxylic acid groups (broad SMARTS) is 2. The Balaban J connectivity index is 0.000000324. The van der Waals surface area contributed by atoms with E-state index in [4.69, 9.17) is 10.2 Å². The zero-order chi connectivity index (χ0) is 13.7. The fraction of sp³-hybridized carbons (Fsp3) is 0.600. The first-order valence-corrected chi connectivity index (χ1v) is 5.50. The van der Waals surface area contributed by atoms with Crippen LogP contribution in [0, 0.1) is 0 Å². The van der Waals surface area contributed by atoms with E-state index in [1.165, 1.54) is 0 Å². The molecule has 101 valence electrons. The van der Waals surface area contributed by atoms with E-state index >= 15 is 0 Å². The SMILES string of the molecule is O=C(O)N1CCCC1=O.O=C(O)N1CCCC1=O.[Na]. The van der Waals surface area contributed by atoms with Gasteiger partial charge in [0, 0.05) is 55.5 Å². The predicted octanol–water partition coefficient (Wildman–Crippen LogP) is 0.193. The maximum Gasteiger partial charge on any atom is 0.414 e. The minimum absolute atomic E-state index is 0. The van der Waals surface area contributed by atoms with Crippen LogP contribution in [-0.4, -0.2) is 86.7 Å². The number of hydrogen-bond acceptors (Lipinski definition) is 4. The van der Waals surface area contributed by atoms with Crippen molar-refractivity contribution in [3.05, 3.63) is 0 Å². The second kappa shape index (κ2) is 8.13. The smallest absolute Gasteiger partial charge is 0.414 e. The first-order valence-electron chi connectivity index (χ1n) is 5.50. The van der Waals surface area contributed by atoms with Gasteiger partial charge in [0.25, 0.3) is 0 Å². The molecule has 2 rings (SSSR count). The molecule has 2 saturated heterocycles. The first kappa shape index (κ1) is 17.9. The summed E-state index contributed by atoms with van der Waals surface area (Å²) in [6.45, 7) is 0.738. The molecule has 0 aromatic carbocycles. The van der Waals surface area contributed by atoms with Crippen molar-refractivity contribution in [3.8, 4) is 0 Å². The third kappa shape index (κ3) is 5.17. The van der Waals surface area contributed by atoms with Crippen LogP contribution in [-0.2, 0) is 9.59 Å². The first-order chi connectivity index (χ1) is 8.43. The molecule has 0 unspecified atom stereocenters. The van der Waals surface area contributed by atoms with Gasteiger partial charge in [0.1, 0.15) is 0 Å². The fourth-order valence-corrected chi connectivity index (χ4v) is 1.70. The van der Waals surface area contributed by atoms with Gasteiger partial charge in [0.2, 0.25) is 11.8 Å². The van der Waals surface area contributed by atoms with Gasteiger partial charge >= 0.3 is 12.2 Å². The van der Waals surface area contributed by atoms with Gasteiger partial charge in [-0.25, -0.2) is 19.4 Å². The van der Waals surface area contributed by atoms with Crippen molar-refractivity contribution in [1.82, 2.24) is 9.80 Å². The Labute approximate surface area is 131 Å². The summed E-state index contributed by atoms with van der Waals surface area (Å²) in [5.41, 5.74) is 0. The number of hydrogen-bond donors (Lipinski definition) is 2. The molecule has 0 aliphatic carbocycles. The molecule has 0 aromatic heterocycles. The summed E-state index contributed by atoms with van der Waals surface area (Å²) in [5.74, 6) is -0.551. The molecule has 0 aromatic rings. The van der Waals surface area contributed by atoms with E-state index in [0.29, 0.717) is 38.8 Å². The molecule has 2 N–H and O–H groups in total.